The summed E-state index contributed by atoms with van der Waals surface area (Å²) < 4.78 is 15.3. The Balaban J connectivity index is 1.52. The zero-order valence-corrected chi connectivity index (χ0v) is 16.6. The summed E-state index contributed by atoms with van der Waals surface area (Å²) in [5, 5.41) is 2.82. The number of fused-ring (bicyclic) bond motifs is 2. The summed E-state index contributed by atoms with van der Waals surface area (Å²) in [4.78, 5) is 40.3. The predicted molar refractivity (Wildman–Crippen MR) is 111 cm³/mol. The number of aliphatic imine (C=N–C) groups is 1. The number of nitrogens with one attached hydrogen (secondary N) is 1. The Bertz CT molecular complexity index is 1290. The maximum Gasteiger partial charge on any atom is 0.423 e. The minimum absolute atomic E-state index is 0.0396. The van der Waals surface area contributed by atoms with Gasteiger partial charge in [0.15, 0.2) is 11.2 Å². The number of hydrogen-bond acceptors (Lipinski definition) is 7. The van der Waals surface area contributed by atoms with Gasteiger partial charge in [-0.1, -0.05) is 12.1 Å². The number of amides is 1. The van der Waals surface area contributed by atoms with Crippen molar-refractivity contribution in [3.8, 4) is 5.75 Å². The molecule has 1 N–H and O–H groups in total. The molecule has 8 heteroatoms. The second kappa shape index (κ2) is 7.98. The molecule has 0 saturated carbocycles. The average molecular weight is 408 g/mol. The quantitative estimate of drug-likeness (QED) is 0.648. The van der Waals surface area contributed by atoms with Crippen LogP contribution in [-0.4, -0.2) is 31.8 Å². The highest BCUT2D eigenvalue weighted by Crippen LogP contribution is 2.23. The van der Waals surface area contributed by atoms with Gasteiger partial charge in [-0.2, -0.15) is 0 Å². The van der Waals surface area contributed by atoms with Crippen LogP contribution >= 0.6 is 0 Å². The van der Waals surface area contributed by atoms with Crippen LogP contribution in [0, 0.1) is 6.92 Å². The molecular weight excluding hydrogens is 388 g/mol. The van der Waals surface area contributed by atoms with Crippen molar-refractivity contribution in [1.82, 2.24) is 5.32 Å². The van der Waals surface area contributed by atoms with Crippen molar-refractivity contribution in [2.24, 2.45) is 4.99 Å². The molecule has 154 valence electrons. The van der Waals surface area contributed by atoms with Crippen LogP contribution in [0.25, 0.3) is 11.2 Å². The highest BCUT2D eigenvalue weighted by molar-refractivity contribution is 6.05. The number of carbonyl (C=O) groups is 1. The van der Waals surface area contributed by atoms with Crippen LogP contribution in [0.5, 0.6) is 5.75 Å². The molecule has 2 aromatic carbocycles. The molecule has 0 atom stereocenters. The Morgan fingerprint density at radius 1 is 1.13 bits per heavy atom. The average Bonchev–Trinajstić information content (AvgIpc) is 2.75. The third kappa shape index (κ3) is 3.63. The highest BCUT2D eigenvalue weighted by atomic mass is 16.5. The maximum atomic E-state index is 12.7. The van der Waals surface area contributed by atoms with Crippen molar-refractivity contribution in [3.63, 3.8) is 0 Å². The largest absolute Gasteiger partial charge is 0.497 e. The van der Waals surface area contributed by atoms with E-state index < -0.39 is 17.2 Å². The fourth-order valence-corrected chi connectivity index (χ4v) is 3.51. The van der Waals surface area contributed by atoms with Gasteiger partial charge in [-0.15, -0.1) is 0 Å². The molecule has 0 aliphatic carbocycles. The van der Waals surface area contributed by atoms with Crippen LogP contribution in [0.15, 0.2) is 53.7 Å². The molecule has 4 rings (SSSR count). The Morgan fingerprint density at radius 3 is 2.67 bits per heavy atom. The summed E-state index contributed by atoms with van der Waals surface area (Å²) >= 11 is 0. The number of ether oxygens (including phenoxy) is 1. The lowest BCUT2D eigenvalue weighted by Crippen LogP contribution is -2.28. The molecule has 1 aromatic heterocycles. The van der Waals surface area contributed by atoms with Gasteiger partial charge >= 0.3 is 11.3 Å². The molecule has 0 unspecified atom stereocenters. The van der Waals surface area contributed by atoms with Gasteiger partial charge in [0.2, 0.25) is 0 Å². The first-order valence-electron chi connectivity index (χ1n) is 9.54. The predicted octanol–water partition coefficient (Wildman–Crippen LogP) is 2.23. The highest BCUT2D eigenvalue weighted by Gasteiger charge is 2.19. The Kier molecular flexibility index (Phi) is 5.22. The van der Waals surface area contributed by atoms with Crippen LogP contribution in [0.1, 0.15) is 33.5 Å². The number of nitrogens with zero attached hydrogens (tertiary/aromatic N) is 1. The van der Waals surface area contributed by atoms with E-state index in [9.17, 15) is 14.4 Å². The monoisotopic (exact) mass is 408 g/mol. The van der Waals surface area contributed by atoms with E-state index in [2.05, 4.69) is 10.3 Å². The zero-order chi connectivity index (χ0) is 21.3. The molecular formula is C22H20N2O6. The SMILES string of the molecule is COc1ccc2c(c1)C(CCNC(=O)c1ccc(C)c3oc(=O)c(=O)oc13)=NCC2. The molecule has 0 saturated heterocycles. The smallest absolute Gasteiger partial charge is 0.423 e. The van der Waals surface area contributed by atoms with Gasteiger partial charge in [-0.05, 0) is 42.7 Å². The molecule has 1 amide bonds. The van der Waals surface area contributed by atoms with Gasteiger partial charge in [0.05, 0.1) is 12.7 Å². The van der Waals surface area contributed by atoms with E-state index in [1.165, 1.54) is 11.6 Å². The summed E-state index contributed by atoms with van der Waals surface area (Å²) in [6, 6.07) is 9.09. The molecule has 0 spiro atoms. The lowest BCUT2D eigenvalue weighted by molar-refractivity contribution is 0.0955. The van der Waals surface area contributed by atoms with Gasteiger partial charge in [-0.25, -0.2) is 9.59 Å². The first-order chi connectivity index (χ1) is 14.5. The second-order valence-electron chi connectivity index (χ2n) is 6.97. The number of rotatable bonds is 5. The van der Waals surface area contributed by atoms with E-state index in [4.69, 9.17) is 13.6 Å². The number of aryl methyl sites for hydroxylation is 1. The standard InChI is InChI=1S/C22H20N2O6/c1-12-3-6-15(19-18(12)29-21(26)22(27)30-19)20(25)24-10-8-17-16-11-14(28-2)5-4-13(16)7-9-23-17/h3-6,11H,7-10H2,1-2H3,(H,24,25). The van der Waals surface area contributed by atoms with Crippen molar-refractivity contribution in [1.29, 1.82) is 0 Å². The van der Waals surface area contributed by atoms with Gasteiger partial charge in [0.25, 0.3) is 5.91 Å². The van der Waals surface area contributed by atoms with Gasteiger partial charge in [0.1, 0.15) is 5.75 Å². The van der Waals surface area contributed by atoms with Gasteiger partial charge in [0, 0.05) is 30.8 Å². The maximum absolute atomic E-state index is 12.7. The lowest BCUT2D eigenvalue weighted by atomic mass is 9.95. The third-order valence-electron chi connectivity index (χ3n) is 5.07. The van der Waals surface area contributed by atoms with E-state index in [0.717, 1.165) is 23.4 Å². The molecule has 8 nitrogen and oxygen atoms in total. The van der Waals surface area contributed by atoms with E-state index in [0.29, 0.717) is 25.1 Å². The minimum Gasteiger partial charge on any atom is -0.497 e. The molecule has 0 fully saturated rings. The van der Waals surface area contributed by atoms with Crippen molar-refractivity contribution in [3.05, 3.63) is 73.4 Å². The minimum atomic E-state index is -1.15. The summed E-state index contributed by atoms with van der Waals surface area (Å²) in [5.74, 6) is 0.328. The van der Waals surface area contributed by atoms with Crippen LogP contribution in [0.3, 0.4) is 0 Å². The molecule has 0 bridgehead atoms. The van der Waals surface area contributed by atoms with Crippen LogP contribution in [-0.2, 0) is 6.42 Å². The topological polar surface area (TPSA) is 111 Å². The number of methoxy groups -OCH3 is 1. The number of hydrogen-bond donors (Lipinski definition) is 1. The van der Waals surface area contributed by atoms with Crippen molar-refractivity contribution < 1.29 is 18.4 Å². The van der Waals surface area contributed by atoms with E-state index >= 15 is 0 Å². The molecule has 1 aliphatic heterocycles. The first kappa shape index (κ1) is 19.6. The van der Waals surface area contributed by atoms with Crippen molar-refractivity contribution in [2.45, 2.75) is 19.8 Å². The second-order valence-corrected chi connectivity index (χ2v) is 6.97. The van der Waals surface area contributed by atoms with Crippen LogP contribution in [0.2, 0.25) is 0 Å². The molecule has 0 radical (unpaired) electrons. The van der Waals surface area contributed by atoms with Crippen molar-refractivity contribution in [2.75, 3.05) is 20.2 Å². The van der Waals surface area contributed by atoms with E-state index in [-0.39, 0.29) is 16.7 Å². The summed E-state index contributed by atoms with van der Waals surface area (Å²) in [6.07, 6.45) is 1.41. The summed E-state index contributed by atoms with van der Waals surface area (Å²) in [7, 11) is 1.62. The summed E-state index contributed by atoms with van der Waals surface area (Å²) in [6.45, 7) is 2.74. The Morgan fingerprint density at radius 2 is 1.90 bits per heavy atom. The van der Waals surface area contributed by atoms with Crippen molar-refractivity contribution >= 4 is 22.8 Å². The Labute approximate surface area is 171 Å². The molecule has 2 heterocycles. The van der Waals surface area contributed by atoms with E-state index in [1.807, 2.05) is 18.2 Å². The molecule has 1 aliphatic rings. The fourth-order valence-electron chi connectivity index (χ4n) is 3.51. The third-order valence-corrected chi connectivity index (χ3v) is 5.07. The Hall–Kier alpha value is -3.68. The van der Waals surface area contributed by atoms with E-state index in [1.54, 1.807) is 20.1 Å². The fraction of sp³-hybridized carbons (Fsp3) is 0.273. The normalized spacial score (nSPS) is 12.9. The first-order valence-corrected chi connectivity index (χ1v) is 9.54. The number of benzene rings is 2. The zero-order valence-electron chi connectivity index (χ0n) is 16.6. The summed E-state index contributed by atoms with van der Waals surface area (Å²) in [5.41, 5.74) is 1.65. The van der Waals surface area contributed by atoms with Gasteiger partial charge < -0.3 is 18.9 Å². The van der Waals surface area contributed by atoms with Gasteiger partial charge in [-0.3, -0.25) is 9.79 Å². The molecule has 3 aromatic rings. The molecule has 30 heavy (non-hydrogen) atoms. The lowest BCUT2D eigenvalue weighted by Gasteiger charge is -2.18. The van der Waals surface area contributed by atoms with Crippen LogP contribution < -0.4 is 21.3 Å². The van der Waals surface area contributed by atoms with Crippen LogP contribution in [0.4, 0.5) is 0 Å². The number of carbonyl (C=O) groups excluding carboxylic acids is 1.